The Labute approximate surface area is 419 Å². The third-order valence-electron chi connectivity index (χ3n) is 16.6. The van der Waals surface area contributed by atoms with Crippen LogP contribution in [0.4, 0.5) is 11.6 Å². The Morgan fingerprint density at radius 1 is 1.01 bits per heavy atom. The zero-order valence-corrected chi connectivity index (χ0v) is 42.2. The number of ether oxygens (including phenoxy) is 2. The molecule has 378 valence electrons. The van der Waals surface area contributed by atoms with Crippen LogP contribution in [0.5, 0.6) is 0 Å². The minimum atomic E-state index is -2.14. The number of rotatable bonds is 14. The van der Waals surface area contributed by atoms with Crippen molar-refractivity contribution in [2.75, 3.05) is 45.0 Å². The van der Waals surface area contributed by atoms with Crippen LogP contribution >= 0.6 is 0 Å². The molecule has 0 unspecified atom stereocenters. The van der Waals surface area contributed by atoms with E-state index < -0.39 is 23.0 Å². The third kappa shape index (κ3) is 10.6. The summed E-state index contributed by atoms with van der Waals surface area (Å²) < 4.78 is 13.1. The Balaban J connectivity index is 1.07. The number of hydrogen-bond acceptors (Lipinski definition) is 12. The minimum Gasteiger partial charge on any atom is -0.463 e. The summed E-state index contributed by atoms with van der Waals surface area (Å²) in [5.41, 5.74) is 13.6. The third-order valence-corrected chi connectivity index (χ3v) is 16.6. The zero-order chi connectivity index (χ0) is 49.8. The number of nitrogen functional groups attached to an aromatic ring is 1. The Kier molecular flexibility index (Phi) is 15.3. The number of carbonyl (C=O) groups excluding carboxylic acids is 3. The molecular formula is C57H75N9O5. The van der Waals surface area contributed by atoms with Crippen LogP contribution < -0.4 is 32.7 Å². The van der Waals surface area contributed by atoms with Gasteiger partial charge in [0.25, 0.3) is 5.60 Å². The first-order chi connectivity index (χ1) is 34.3. The van der Waals surface area contributed by atoms with E-state index in [1.54, 1.807) is 19.3 Å². The predicted molar refractivity (Wildman–Crippen MR) is 279 cm³/mol. The van der Waals surface area contributed by atoms with Crippen LogP contribution in [0, 0.1) is 29.1 Å². The van der Waals surface area contributed by atoms with E-state index in [0.717, 1.165) is 67.3 Å². The number of aliphatic imine (C=N–C) groups is 1. The van der Waals surface area contributed by atoms with Gasteiger partial charge < -0.3 is 42.2 Å². The number of nitrogens with zero attached hydrogens (tertiary/aromatic N) is 3. The van der Waals surface area contributed by atoms with Gasteiger partial charge in [-0.15, -0.1) is 0 Å². The van der Waals surface area contributed by atoms with E-state index in [9.17, 15) is 0 Å². The molecule has 4 aliphatic carbocycles. The number of anilines is 2. The fourth-order valence-corrected chi connectivity index (χ4v) is 12.7. The molecule has 8 atom stereocenters. The molecule has 8 N–H and O–H groups in total. The lowest BCUT2D eigenvalue weighted by Crippen LogP contribution is -2.52. The number of guanidine groups is 1. The van der Waals surface area contributed by atoms with E-state index in [4.69, 9.17) is 20.9 Å². The number of allylic oxidation sites excluding steroid dienone is 3. The molecule has 14 nitrogen and oxygen atoms in total. The van der Waals surface area contributed by atoms with E-state index >= 15 is 14.4 Å². The van der Waals surface area contributed by atoms with Crippen molar-refractivity contribution in [1.82, 2.24) is 25.9 Å². The summed E-state index contributed by atoms with van der Waals surface area (Å²) in [6.45, 7) is 5.80. The molecule has 1 aromatic carbocycles. The zero-order valence-electron chi connectivity index (χ0n) is 42.2. The molecule has 14 heteroatoms. The molecule has 2 fully saturated rings. The molecule has 1 saturated carbocycles. The number of pyridine rings is 2. The SMILES string of the molecule is CN=C(N)N[C@@H](C/C(C)=C/C[C@@]12O[C@@]13C(=O)OC[C@@H]1C[C@@H]4C(=C[C@H]1NCC1CCCCC1)C=CC[C@@H]4CCCC[C@](C)(Cc1ccc(N)nc1)Cc1cccc(c1C3=O)C2=O)c1ccnc(NCNC)c1. The molecule has 3 aromatic rings. The lowest BCUT2D eigenvalue weighted by Gasteiger charge is -2.41. The number of aromatic nitrogens is 2. The van der Waals surface area contributed by atoms with Gasteiger partial charge in [0, 0.05) is 48.9 Å². The Morgan fingerprint density at radius 3 is 2.63 bits per heavy atom. The summed E-state index contributed by atoms with van der Waals surface area (Å²) in [6.07, 6.45) is 26.5. The first-order valence-electron chi connectivity index (χ1n) is 26.2. The molecule has 4 bridgehead atoms. The van der Waals surface area contributed by atoms with Crippen molar-refractivity contribution in [3.63, 3.8) is 0 Å². The summed E-state index contributed by atoms with van der Waals surface area (Å²) >= 11 is 0. The lowest BCUT2D eigenvalue weighted by atomic mass is 9.67. The van der Waals surface area contributed by atoms with Gasteiger partial charge in [0.15, 0.2) is 17.3 Å². The number of carbonyl (C=O) groups is 3. The van der Waals surface area contributed by atoms with E-state index in [-0.39, 0.29) is 59.3 Å². The van der Waals surface area contributed by atoms with Gasteiger partial charge in [0.05, 0.1) is 19.3 Å². The topological polar surface area (TPSA) is 211 Å². The highest BCUT2D eigenvalue weighted by molar-refractivity contribution is 6.33. The van der Waals surface area contributed by atoms with Gasteiger partial charge in [-0.25, -0.2) is 14.8 Å². The summed E-state index contributed by atoms with van der Waals surface area (Å²) in [5, 5.41) is 13.6. The number of nitrogens with one attached hydrogen (secondary N) is 4. The van der Waals surface area contributed by atoms with Crippen LogP contribution in [0.25, 0.3) is 0 Å². The van der Waals surface area contributed by atoms with E-state index in [1.165, 1.54) is 37.7 Å². The van der Waals surface area contributed by atoms with Gasteiger partial charge in [-0.1, -0.05) is 93.2 Å². The Hall–Kier alpha value is -5.70. The first-order valence-corrected chi connectivity index (χ1v) is 26.2. The molecular weight excluding hydrogens is 891 g/mol. The van der Waals surface area contributed by atoms with Crippen LogP contribution in [-0.4, -0.2) is 84.6 Å². The van der Waals surface area contributed by atoms with Crippen LogP contribution in [-0.2, 0) is 27.1 Å². The van der Waals surface area contributed by atoms with Crippen LogP contribution in [0.2, 0.25) is 0 Å². The van der Waals surface area contributed by atoms with Gasteiger partial charge in [-0.2, -0.15) is 0 Å². The Bertz CT molecular complexity index is 2570. The largest absolute Gasteiger partial charge is 0.463 e. The van der Waals surface area contributed by atoms with Crippen LogP contribution in [0.3, 0.4) is 0 Å². The normalized spacial score (nSPS) is 29.6. The number of hydrogen-bond donors (Lipinski definition) is 6. The van der Waals surface area contributed by atoms with E-state index in [0.29, 0.717) is 55.3 Å². The molecule has 71 heavy (non-hydrogen) atoms. The maximum atomic E-state index is 15.6. The van der Waals surface area contributed by atoms with Gasteiger partial charge in [0.1, 0.15) is 11.6 Å². The minimum absolute atomic E-state index is 0.00196. The van der Waals surface area contributed by atoms with Crippen molar-refractivity contribution < 1.29 is 23.9 Å². The fourth-order valence-electron chi connectivity index (χ4n) is 12.7. The standard InChI is InChI=1S/C57H75N9O5/c1-36(26-47(66-54(59)61-4)41-22-25-62-49(29-41)65-35-60-3)21-24-56-51(67)44-18-11-17-42-31-55(2,30-38-19-20-48(58)64-33-38)23-9-8-14-39-15-10-16-40-28-46(63-32-37-12-6-5-7-13-37)43(27-45(39)40)34-70-53(69)57(56,71-56)52(68)50(42)44/h10-11,16-22,25,28-29,33,37,39,43,45-47,60,63H,5-9,12-15,23-24,26-27,30-32,34-35H2,1-4H3,(H2,58,64)(H,62,65)(H3,59,61,66)/b36-21+/t39-,43-,45-,46+,47-,55+,56-,57-/m0/s1. The lowest BCUT2D eigenvalue weighted by molar-refractivity contribution is -0.150. The average molecular weight is 966 g/mol. The highest BCUT2D eigenvalue weighted by atomic mass is 16.7. The fraction of sp³-hybridized carbons (Fsp3) is 0.544. The first kappa shape index (κ1) is 50.2. The predicted octanol–water partition coefficient (Wildman–Crippen LogP) is 8.12. The molecule has 2 aromatic heterocycles. The van der Waals surface area contributed by atoms with Gasteiger partial charge in [-0.05, 0) is 142 Å². The van der Waals surface area contributed by atoms with Crippen molar-refractivity contribution in [1.29, 1.82) is 0 Å². The second-order valence-electron chi connectivity index (χ2n) is 21.8. The maximum Gasteiger partial charge on any atom is 0.350 e. The number of epoxide rings is 1. The van der Waals surface area contributed by atoms with Gasteiger partial charge >= 0.3 is 5.97 Å². The molecule has 1 saturated heterocycles. The van der Waals surface area contributed by atoms with Gasteiger partial charge in [0.2, 0.25) is 5.78 Å². The molecule has 0 radical (unpaired) electrons. The Morgan fingerprint density at radius 2 is 1.85 bits per heavy atom. The highest BCUT2D eigenvalue weighted by Gasteiger charge is 2.85. The summed E-state index contributed by atoms with van der Waals surface area (Å²) in [7, 11) is 3.48. The molecule has 6 aliphatic rings. The monoisotopic (exact) mass is 966 g/mol. The number of ketones is 2. The second kappa shape index (κ2) is 21.6. The maximum absolute atomic E-state index is 15.6. The van der Waals surface area contributed by atoms with Crippen molar-refractivity contribution in [3.05, 3.63) is 118 Å². The smallest absolute Gasteiger partial charge is 0.350 e. The average Bonchev–Trinajstić information content (AvgIpc) is 4.09. The van der Waals surface area contributed by atoms with Crippen LogP contribution in [0.1, 0.15) is 141 Å². The van der Waals surface area contributed by atoms with Gasteiger partial charge in [-0.3, -0.25) is 14.6 Å². The van der Waals surface area contributed by atoms with Crippen molar-refractivity contribution >= 4 is 35.1 Å². The van der Waals surface area contributed by atoms with E-state index in [2.05, 4.69) is 61.4 Å². The van der Waals surface area contributed by atoms with Crippen molar-refractivity contribution in [3.8, 4) is 0 Å². The molecule has 2 aliphatic heterocycles. The summed E-state index contributed by atoms with van der Waals surface area (Å²) in [5.74, 6) is 1.18. The summed E-state index contributed by atoms with van der Waals surface area (Å²) in [6, 6.07) is 13.0. The number of fused-ring (bicyclic) bond motifs is 1. The quantitative estimate of drug-likeness (QED) is 0.0172. The highest BCUT2D eigenvalue weighted by Crippen LogP contribution is 2.59. The molecule has 4 heterocycles. The molecule has 0 amide bonds. The second-order valence-corrected chi connectivity index (χ2v) is 21.8. The van der Waals surface area contributed by atoms with Crippen molar-refractivity contribution in [2.45, 2.75) is 133 Å². The number of esters is 1. The molecule has 1 spiro atoms. The van der Waals surface area contributed by atoms with E-state index in [1.807, 2.05) is 62.6 Å². The number of cyclic esters (lactones) is 1. The summed E-state index contributed by atoms with van der Waals surface area (Å²) in [4.78, 5) is 59.3. The number of nitrogens with two attached hydrogens (primary N) is 2. The van der Waals surface area contributed by atoms with Crippen molar-refractivity contribution in [2.24, 2.45) is 39.8 Å². The molecule has 9 rings (SSSR count). The number of Topliss-reactive ketones (excluding diaryl/α,β-unsaturated/α-hetero) is 2. The van der Waals surface area contributed by atoms with Crippen LogP contribution in [0.15, 0.2) is 95.3 Å². The number of benzene rings is 1.